The van der Waals surface area contributed by atoms with Crippen LogP contribution in [0.5, 0.6) is 0 Å². The molecule has 1 fully saturated rings. The second-order valence-electron chi connectivity index (χ2n) is 6.78. The first-order chi connectivity index (χ1) is 13.1. The Hall–Kier alpha value is -2.02. The van der Waals surface area contributed by atoms with Crippen molar-refractivity contribution in [2.24, 2.45) is 7.05 Å². The van der Waals surface area contributed by atoms with E-state index in [1.165, 1.54) is 17.4 Å². The molecule has 1 heterocycles. The zero-order valence-corrected chi connectivity index (χ0v) is 17.5. The van der Waals surface area contributed by atoms with Crippen molar-refractivity contribution in [3.63, 3.8) is 0 Å². The summed E-state index contributed by atoms with van der Waals surface area (Å²) in [6.07, 6.45) is 2.28. The molecule has 0 radical (unpaired) electrons. The van der Waals surface area contributed by atoms with E-state index < -0.39 is 0 Å². The Morgan fingerprint density at radius 3 is 2.33 bits per heavy atom. The summed E-state index contributed by atoms with van der Waals surface area (Å²) in [6, 6.07) is 8.89. The standard InChI is InChI=1S/C20H29N5OS/c1-5-24(6-2)16-10-8-15(9-11-16)19-21-22-20(23(19)4)27-14-18(26)25(7-3)17-12-13-17/h8-11,17H,5-7,12-14H2,1-4H3. The molecule has 1 aromatic heterocycles. The molecule has 6 nitrogen and oxygen atoms in total. The minimum atomic E-state index is 0.193. The van der Waals surface area contributed by atoms with Crippen molar-refractivity contribution in [3.05, 3.63) is 24.3 Å². The Balaban J connectivity index is 1.67. The van der Waals surface area contributed by atoms with Gasteiger partial charge in [-0.1, -0.05) is 11.8 Å². The fourth-order valence-electron chi connectivity index (χ4n) is 3.34. The molecule has 27 heavy (non-hydrogen) atoms. The number of rotatable bonds is 9. The van der Waals surface area contributed by atoms with E-state index in [1.54, 1.807) is 0 Å². The number of hydrogen-bond donors (Lipinski definition) is 0. The predicted octanol–water partition coefficient (Wildman–Crippen LogP) is 3.43. The topological polar surface area (TPSA) is 54.3 Å². The number of anilines is 1. The van der Waals surface area contributed by atoms with Gasteiger partial charge in [0.2, 0.25) is 5.91 Å². The Morgan fingerprint density at radius 2 is 1.78 bits per heavy atom. The molecule has 2 aromatic rings. The van der Waals surface area contributed by atoms with Gasteiger partial charge in [0.05, 0.1) is 5.75 Å². The fourth-order valence-corrected chi connectivity index (χ4v) is 4.13. The van der Waals surface area contributed by atoms with Crippen LogP contribution >= 0.6 is 11.8 Å². The highest BCUT2D eigenvalue weighted by molar-refractivity contribution is 7.99. The largest absolute Gasteiger partial charge is 0.372 e. The van der Waals surface area contributed by atoms with Gasteiger partial charge in [0.15, 0.2) is 11.0 Å². The Bertz CT molecular complexity index is 765. The second kappa shape index (κ2) is 8.78. The number of aromatic nitrogens is 3. The van der Waals surface area contributed by atoms with Crippen molar-refractivity contribution in [2.45, 2.75) is 44.8 Å². The maximum atomic E-state index is 12.4. The number of amides is 1. The smallest absolute Gasteiger partial charge is 0.233 e. The van der Waals surface area contributed by atoms with Crippen LogP contribution in [0, 0.1) is 0 Å². The average Bonchev–Trinajstić information content (AvgIpc) is 3.45. The van der Waals surface area contributed by atoms with E-state index in [9.17, 15) is 4.79 Å². The van der Waals surface area contributed by atoms with Crippen LogP contribution in [0.25, 0.3) is 11.4 Å². The quantitative estimate of drug-likeness (QED) is 0.617. The average molecular weight is 388 g/mol. The first-order valence-corrected chi connectivity index (χ1v) is 10.7. The highest BCUT2D eigenvalue weighted by Gasteiger charge is 2.31. The Morgan fingerprint density at radius 1 is 1.11 bits per heavy atom. The van der Waals surface area contributed by atoms with Gasteiger partial charge in [-0.2, -0.15) is 0 Å². The molecule has 0 aliphatic heterocycles. The van der Waals surface area contributed by atoms with Gasteiger partial charge in [-0.3, -0.25) is 4.79 Å². The van der Waals surface area contributed by atoms with Crippen molar-refractivity contribution in [3.8, 4) is 11.4 Å². The fraction of sp³-hybridized carbons (Fsp3) is 0.550. The first kappa shape index (κ1) is 19.7. The molecule has 1 aliphatic rings. The van der Waals surface area contributed by atoms with E-state index in [1.807, 2.05) is 23.4 Å². The molecule has 1 saturated carbocycles. The normalized spacial score (nSPS) is 13.6. The summed E-state index contributed by atoms with van der Waals surface area (Å²) in [4.78, 5) is 16.7. The summed E-state index contributed by atoms with van der Waals surface area (Å²) in [5.74, 6) is 1.43. The molecule has 0 N–H and O–H groups in total. The molecule has 3 rings (SSSR count). The minimum Gasteiger partial charge on any atom is -0.372 e. The molecule has 0 saturated heterocycles. The van der Waals surface area contributed by atoms with Crippen LogP contribution in [-0.2, 0) is 11.8 Å². The lowest BCUT2D eigenvalue weighted by atomic mass is 10.2. The maximum Gasteiger partial charge on any atom is 0.233 e. The first-order valence-electron chi connectivity index (χ1n) is 9.76. The summed E-state index contributed by atoms with van der Waals surface area (Å²) in [6.45, 7) is 9.13. The molecule has 1 amide bonds. The molecule has 0 spiro atoms. The lowest BCUT2D eigenvalue weighted by molar-refractivity contribution is -0.128. The molecular weight excluding hydrogens is 358 g/mol. The van der Waals surface area contributed by atoms with Gasteiger partial charge in [-0.05, 0) is 57.9 Å². The van der Waals surface area contributed by atoms with Gasteiger partial charge in [-0.15, -0.1) is 10.2 Å². The zero-order chi connectivity index (χ0) is 19.4. The number of hydrogen-bond acceptors (Lipinski definition) is 5. The maximum absolute atomic E-state index is 12.4. The third-order valence-electron chi connectivity index (χ3n) is 5.06. The Labute approximate surface area is 165 Å². The molecule has 1 aliphatic carbocycles. The van der Waals surface area contributed by atoms with E-state index in [-0.39, 0.29) is 5.91 Å². The van der Waals surface area contributed by atoms with Crippen molar-refractivity contribution >= 4 is 23.4 Å². The lowest BCUT2D eigenvalue weighted by Gasteiger charge is -2.21. The second-order valence-corrected chi connectivity index (χ2v) is 7.73. The highest BCUT2D eigenvalue weighted by atomic mass is 32.2. The van der Waals surface area contributed by atoms with E-state index in [4.69, 9.17) is 0 Å². The molecule has 0 atom stereocenters. The van der Waals surface area contributed by atoms with Crippen molar-refractivity contribution in [2.75, 3.05) is 30.3 Å². The van der Waals surface area contributed by atoms with Gasteiger partial charge < -0.3 is 14.4 Å². The SMILES string of the molecule is CCN(CC)c1ccc(-c2nnc(SCC(=O)N(CC)C3CC3)n2C)cc1. The van der Waals surface area contributed by atoms with E-state index in [0.29, 0.717) is 11.8 Å². The summed E-state index contributed by atoms with van der Waals surface area (Å²) >= 11 is 1.46. The van der Waals surface area contributed by atoms with Gasteiger partial charge >= 0.3 is 0 Å². The number of thioether (sulfide) groups is 1. The van der Waals surface area contributed by atoms with Crippen LogP contribution in [0.2, 0.25) is 0 Å². The summed E-state index contributed by atoms with van der Waals surface area (Å²) in [7, 11) is 1.96. The Kier molecular flexibility index (Phi) is 6.42. The van der Waals surface area contributed by atoms with Crippen molar-refractivity contribution in [1.82, 2.24) is 19.7 Å². The summed E-state index contributed by atoms with van der Waals surface area (Å²) < 4.78 is 1.97. The number of carbonyl (C=O) groups excluding carboxylic acids is 1. The van der Waals surface area contributed by atoms with Crippen molar-refractivity contribution < 1.29 is 4.79 Å². The molecular formula is C20H29N5OS. The van der Waals surface area contributed by atoms with Crippen LogP contribution in [0.4, 0.5) is 5.69 Å². The van der Waals surface area contributed by atoms with E-state index >= 15 is 0 Å². The molecule has 146 valence electrons. The summed E-state index contributed by atoms with van der Waals surface area (Å²) in [5.41, 5.74) is 2.25. The van der Waals surface area contributed by atoms with Gasteiger partial charge in [-0.25, -0.2) is 0 Å². The van der Waals surface area contributed by atoms with Crippen LogP contribution in [0.3, 0.4) is 0 Å². The number of benzene rings is 1. The van der Waals surface area contributed by atoms with Crippen LogP contribution in [0.1, 0.15) is 33.6 Å². The van der Waals surface area contributed by atoms with Crippen LogP contribution in [-0.4, -0.2) is 57.0 Å². The third kappa shape index (κ3) is 4.46. The van der Waals surface area contributed by atoms with Crippen LogP contribution in [0.15, 0.2) is 29.4 Å². The van der Waals surface area contributed by atoms with Gasteiger partial charge in [0, 0.05) is 44.0 Å². The molecule has 0 unspecified atom stereocenters. The van der Waals surface area contributed by atoms with Crippen molar-refractivity contribution in [1.29, 1.82) is 0 Å². The third-order valence-corrected chi connectivity index (χ3v) is 6.07. The zero-order valence-electron chi connectivity index (χ0n) is 16.7. The van der Waals surface area contributed by atoms with E-state index in [2.05, 4.69) is 53.2 Å². The number of carbonyl (C=O) groups is 1. The highest BCUT2D eigenvalue weighted by Crippen LogP contribution is 2.29. The van der Waals surface area contributed by atoms with E-state index in [0.717, 1.165) is 49.0 Å². The van der Waals surface area contributed by atoms with Gasteiger partial charge in [0.1, 0.15) is 0 Å². The summed E-state index contributed by atoms with van der Waals surface area (Å²) in [5, 5.41) is 9.42. The molecule has 0 bridgehead atoms. The molecule has 1 aromatic carbocycles. The van der Waals surface area contributed by atoms with Gasteiger partial charge in [0.25, 0.3) is 0 Å². The molecule has 7 heteroatoms. The number of nitrogens with zero attached hydrogens (tertiary/aromatic N) is 5. The minimum absolute atomic E-state index is 0.193. The lowest BCUT2D eigenvalue weighted by Crippen LogP contribution is -2.34. The van der Waals surface area contributed by atoms with Crippen LogP contribution < -0.4 is 4.90 Å². The monoisotopic (exact) mass is 387 g/mol. The predicted molar refractivity (Wildman–Crippen MR) is 111 cm³/mol.